The van der Waals surface area contributed by atoms with E-state index in [9.17, 15) is 4.39 Å². The van der Waals surface area contributed by atoms with E-state index in [-0.39, 0.29) is 5.82 Å². The number of pyridine rings is 1. The van der Waals surface area contributed by atoms with Gasteiger partial charge in [-0.05, 0) is 33.1 Å². The fraction of sp³-hybridized carbons (Fsp3) is 0.667. The first-order valence-electron chi connectivity index (χ1n) is 7.33. The number of aromatic nitrogens is 1. The minimum absolute atomic E-state index is 0.194. The molecule has 0 aliphatic rings. The van der Waals surface area contributed by atoms with Gasteiger partial charge in [0.2, 0.25) is 0 Å². The van der Waals surface area contributed by atoms with E-state index in [2.05, 4.69) is 22.1 Å². The van der Waals surface area contributed by atoms with Gasteiger partial charge in [-0.2, -0.15) is 0 Å². The first kappa shape index (κ1) is 16.9. The van der Waals surface area contributed by atoms with Crippen molar-refractivity contribution < 1.29 is 4.39 Å². The molecule has 0 radical (unpaired) electrons. The highest BCUT2D eigenvalue weighted by molar-refractivity contribution is 5.43. The smallest absolute Gasteiger partial charge is 0.170 e. The highest BCUT2D eigenvalue weighted by Gasteiger charge is 2.15. The topological polar surface area (TPSA) is 31.4 Å². The molecular weight excluding hydrogens is 255 g/mol. The van der Waals surface area contributed by atoms with Gasteiger partial charge in [0.1, 0.15) is 0 Å². The molecule has 0 aliphatic heterocycles. The average molecular weight is 282 g/mol. The van der Waals surface area contributed by atoms with Gasteiger partial charge in [0.25, 0.3) is 0 Å². The number of rotatable bonds is 9. The summed E-state index contributed by atoms with van der Waals surface area (Å²) < 4.78 is 14.5. The molecule has 0 spiro atoms. The molecule has 5 heteroatoms. The van der Waals surface area contributed by atoms with E-state index >= 15 is 0 Å². The van der Waals surface area contributed by atoms with Crippen molar-refractivity contribution in [2.45, 2.75) is 26.8 Å². The van der Waals surface area contributed by atoms with Gasteiger partial charge in [0, 0.05) is 37.9 Å². The standard InChI is InChI=1S/C15H27FN4/c1-5-9-20(11-10-19(3)4)15-14(16)13(7-8-18-15)12-17-6-2/h7-8,17H,5-6,9-12H2,1-4H3. The third-order valence-corrected chi connectivity index (χ3v) is 3.13. The Bertz CT molecular complexity index is 395. The van der Waals surface area contributed by atoms with Crippen LogP contribution in [0.1, 0.15) is 25.8 Å². The summed E-state index contributed by atoms with van der Waals surface area (Å²) in [7, 11) is 4.05. The lowest BCUT2D eigenvalue weighted by atomic mass is 10.2. The Morgan fingerprint density at radius 1 is 1.20 bits per heavy atom. The minimum Gasteiger partial charge on any atom is -0.353 e. The molecule has 1 rings (SSSR count). The lowest BCUT2D eigenvalue weighted by molar-refractivity contribution is 0.411. The molecule has 1 heterocycles. The predicted molar refractivity (Wildman–Crippen MR) is 82.6 cm³/mol. The monoisotopic (exact) mass is 282 g/mol. The summed E-state index contributed by atoms with van der Waals surface area (Å²) in [5, 5.41) is 3.16. The van der Waals surface area contributed by atoms with Crippen LogP contribution in [0.5, 0.6) is 0 Å². The molecule has 0 bridgehead atoms. The number of anilines is 1. The van der Waals surface area contributed by atoms with Gasteiger partial charge in [-0.25, -0.2) is 9.37 Å². The number of likely N-dealkylation sites (N-methyl/N-ethyl adjacent to an activating group) is 1. The Labute approximate surface area is 122 Å². The normalized spacial score (nSPS) is 11.1. The van der Waals surface area contributed by atoms with Crippen LogP contribution in [0.25, 0.3) is 0 Å². The first-order chi connectivity index (χ1) is 9.60. The Hall–Kier alpha value is -1.20. The van der Waals surface area contributed by atoms with Crippen molar-refractivity contribution in [3.63, 3.8) is 0 Å². The van der Waals surface area contributed by atoms with Crippen molar-refractivity contribution in [2.24, 2.45) is 0 Å². The largest absolute Gasteiger partial charge is 0.353 e. The zero-order chi connectivity index (χ0) is 15.0. The van der Waals surface area contributed by atoms with E-state index < -0.39 is 0 Å². The fourth-order valence-electron chi connectivity index (χ4n) is 2.00. The number of halogens is 1. The average Bonchev–Trinajstić information content (AvgIpc) is 2.42. The molecule has 1 N–H and O–H groups in total. The fourth-order valence-corrected chi connectivity index (χ4v) is 2.00. The van der Waals surface area contributed by atoms with Gasteiger partial charge in [-0.1, -0.05) is 13.8 Å². The highest BCUT2D eigenvalue weighted by atomic mass is 19.1. The molecule has 0 aromatic carbocycles. The van der Waals surface area contributed by atoms with Crippen LogP contribution < -0.4 is 10.2 Å². The van der Waals surface area contributed by atoms with E-state index in [1.165, 1.54) is 0 Å². The molecule has 114 valence electrons. The molecule has 0 unspecified atom stereocenters. The molecule has 0 aliphatic carbocycles. The van der Waals surface area contributed by atoms with Crippen LogP contribution in [-0.2, 0) is 6.54 Å². The molecule has 0 saturated heterocycles. The Morgan fingerprint density at radius 2 is 1.95 bits per heavy atom. The maximum Gasteiger partial charge on any atom is 0.170 e. The van der Waals surface area contributed by atoms with Gasteiger partial charge in [-0.3, -0.25) is 0 Å². The second-order valence-corrected chi connectivity index (χ2v) is 5.18. The van der Waals surface area contributed by atoms with Gasteiger partial charge in [0.15, 0.2) is 11.6 Å². The van der Waals surface area contributed by atoms with E-state index in [1.807, 2.05) is 25.9 Å². The minimum atomic E-state index is -0.194. The van der Waals surface area contributed by atoms with Crippen LogP contribution in [0.15, 0.2) is 12.3 Å². The van der Waals surface area contributed by atoms with Crippen molar-refractivity contribution in [1.29, 1.82) is 0 Å². The molecular formula is C15H27FN4. The Kier molecular flexibility index (Phi) is 7.47. The van der Waals surface area contributed by atoms with E-state index in [0.717, 1.165) is 32.6 Å². The molecule has 0 fully saturated rings. The Morgan fingerprint density at radius 3 is 2.55 bits per heavy atom. The summed E-state index contributed by atoms with van der Waals surface area (Å²) in [5.41, 5.74) is 0.683. The molecule has 0 atom stereocenters. The van der Waals surface area contributed by atoms with Crippen molar-refractivity contribution in [2.75, 3.05) is 45.2 Å². The summed E-state index contributed by atoms with van der Waals surface area (Å²) in [5.74, 6) is 0.282. The maximum absolute atomic E-state index is 14.5. The van der Waals surface area contributed by atoms with Gasteiger partial charge < -0.3 is 15.1 Å². The van der Waals surface area contributed by atoms with E-state index in [4.69, 9.17) is 0 Å². The number of hydrogen-bond acceptors (Lipinski definition) is 4. The lowest BCUT2D eigenvalue weighted by Crippen LogP contribution is -2.33. The van der Waals surface area contributed by atoms with Gasteiger partial charge in [-0.15, -0.1) is 0 Å². The van der Waals surface area contributed by atoms with Crippen LogP contribution in [0, 0.1) is 5.82 Å². The summed E-state index contributed by atoms with van der Waals surface area (Å²) in [4.78, 5) is 8.38. The summed E-state index contributed by atoms with van der Waals surface area (Å²) in [6.45, 7) is 7.99. The predicted octanol–water partition coefficient (Wildman–Crippen LogP) is 2.11. The quantitative estimate of drug-likeness (QED) is 0.751. The summed E-state index contributed by atoms with van der Waals surface area (Å²) in [6, 6.07) is 1.75. The summed E-state index contributed by atoms with van der Waals surface area (Å²) in [6.07, 6.45) is 2.68. The molecule has 0 saturated carbocycles. The van der Waals surface area contributed by atoms with Crippen LogP contribution >= 0.6 is 0 Å². The van der Waals surface area contributed by atoms with Gasteiger partial charge in [0.05, 0.1) is 0 Å². The second-order valence-electron chi connectivity index (χ2n) is 5.18. The number of nitrogens with zero attached hydrogens (tertiary/aromatic N) is 3. The third kappa shape index (κ3) is 5.06. The number of hydrogen-bond donors (Lipinski definition) is 1. The Balaban J connectivity index is 2.88. The van der Waals surface area contributed by atoms with Crippen LogP contribution in [0.2, 0.25) is 0 Å². The van der Waals surface area contributed by atoms with E-state index in [0.29, 0.717) is 17.9 Å². The zero-order valence-corrected chi connectivity index (χ0v) is 13.1. The molecule has 4 nitrogen and oxygen atoms in total. The highest BCUT2D eigenvalue weighted by Crippen LogP contribution is 2.19. The van der Waals surface area contributed by atoms with Crippen LogP contribution in [0.4, 0.5) is 10.2 Å². The van der Waals surface area contributed by atoms with E-state index in [1.54, 1.807) is 12.3 Å². The number of nitrogens with one attached hydrogen (secondary N) is 1. The first-order valence-corrected chi connectivity index (χ1v) is 7.33. The zero-order valence-electron chi connectivity index (χ0n) is 13.1. The molecule has 0 amide bonds. The molecule has 1 aromatic rings. The van der Waals surface area contributed by atoms with Crippen LogP contribution in [0.3, 0.4) is 0 Å². The van der Waals surface area contributed by atoms with Crippen LogP contribution in [-0.4, -0.2) is 50.2 Å². The second kappa shape index (κ2) is 8.87. The molecule has 1 aromatic heterocycles. The maximum atomic E-state index is 14.5. The van der Waals surface area contributed by atoms with Crippen molar-refractivity contribution in [3.05, 3.63) is 23.6 Å². The lowest BCUT2D eigenvalue weighted by Gasteiger charge is -2.25. The van der Waals surface area contributed by atoms with Crippen molar-refractivity contribution in [3.8, 4) is 0 Å². The molecule has 20 heavy (non-hydrogen) atoms. The third-order valence-electron chi connectivity index (χ3n) is 3.13. The SMILES string of the molecule is CCCN(CCN(C)C)c1nccc(CNCC)c1F. The van der Waals surface area contributed by atoms with Gasteiger partial charge >= 0.3 is 0 Å². The summed E-state index contributed by atoms with van der Waals surface area (Å²) >= 11 is 0. The van der Waals surface area contributed by atoms with Crippen molar-refractivity contribution in [1.82, 2.24) is 15.2 Å². The van der Waals surface area contributed by atoms with Crippen molar-refractivity contribution >= 4 is 5.82 Å².